The fourth-order valence-corrected chi connectivity index (χ4v) is 2.21. The van der Waals surface area contributed by atoms with Crippen LogP contribution < -0.4 is 14.8 Å². The van der Waals surface area contributed by atoms with Gasteiger partial charge in [-0.2, -0.15) is 0 Å². The van der Waals surface area contributed by atoms with Crippen molar-refractivity contribution in [1.29, 1.82) is 0 Å². The fraction of sp³-hybridized carbons (Fsp3) is 0.263. The quantitative estimate of drug-likeness (QED) is 0.791. The molecule has 1 aromatic carbocycles. The summed E-state index contributed by atoms with van der Waals surface area (Å²) in [5, 5.41) is 2.84. The molecule has 24 heavy (non-hydrogen) atoms. The maximum absolute atomic E-state index is 11.9. The number of aromatic nitrogens is 1. The van der Waals surface area contributed by atoms with E-state index in [2.05, 4.69) is 10.3 Å². The first-order valence-electron chi connectivity index (χ1n) is 7.93. The highest BCUT2D eigenvalue weighted by Crippen LogP contribution is 2.31. The summed E-state index contributed by atoms with van der Waals surface area (Å²) in [4.78, 5) is 16.0. The molecule has 3 rings (SSSR count). The van der Waals surface area contributed by atoms with E-state index < -0.39 is 0 Å². The number of methoxy groups -OCH3 is 1. The van der Waals surface area contributed by atoms with Gasteiger partial charge < -0.3 is 14.8 Å². The van der Waals surface area contributed by atoms with Crippen molar-refractivity contribution < 1.29 is 14.3 Å². The average Bonchev–Trinajstić information content (AvgIpc) is 3.44. The molecule has 0 bridgehead atoms. The van der Waals surface area contributed by atoms with E-state index in [-0.39, 0.29) is 5.91 Å². The van der Waals surface area contributed by atoms with E-state index in [1.54, 1.807) is 43.8 Å². The number of carbonyl (C=O) groups is 1. The van der Waals surface area contributed by atoms with Gasteiger partial charge in [0.2, 0.25) is 5.91 Å². The molecule has 0 saturated heterocycles. The number of nitrogens with one attached hydrogen (secondary N) is 1. The van der Waals surface area contributed by atoms with Crippen LogP contribution >= 0.6 is 0 Å². The number of nitrogens with zero attached hydrogens (tertiary/aromatic N) is 1. The molecule has 1 aliphatic rings. The third-order valence-corrected chi connectivity index (χ3v) is 3.69. The summed E-state index contributed by atoms with van der Waals surface area (Å²) in [5.41, 5.74) is 1.63. The number of allylic oxidation sites excluding steroid dienone is 1. The molecule has 1 N–H and O–H groups in total. The van der Waals surface area contributed by atoms with E-state index in [0.29, 0.717) is 29.7 Å². The fourth-order valence-electron chi connectivity index (χ4n) is 2.21. The number of amides is 1. The van der Waals surface area contributed by atoms with Gasteiger partial charge in [-0.1, -0.05) is 12.1 Å². The third-order valence-electron chi connectivity index (χ3n) is 3.69. The third kappa shape index (κ3) is 4.59. The molecular weight excluding hydrogens is 304 g/mol. The second kappa shape index (κ2) is 7.64. The van der Waals surface area contributed by atoms with Crippen LogP contribution in [0.5, 0.6) is 11.5 Å². The predicted octanol–water partition coefficient (Wildman–Crippen LogP) is 3.57. The Bertz CT molecular complexity index is 725. The Morgan fingerprint density at radius 2 is 2.21 bits per heavy atom. The highest BCUT2D eigenvalue weighted by Gasteiger charge is 2.17. The molecule has 2 aromatic rings. The minimum absolute atomic E-state index is 0.134. The van der Waals surface area contributed by atoms with Crippen molar-refractivity contribution in [3.05, 3.63) is 60.4 Å². The number of hydrogen-bond acceptors (Lipinski definition) is 4. The number of benzene rings is 1. The zero-order valence-electron chi connectivity index (χ0n) is 13.6. The summed E-state index contributed by atoms with van der Waals surface area (Å²) in [6.45, 7) is 0.378. The van der Waals surface area contributed by atoms with E-state index in [0.717, 1.165) is 5.56 Å². The van der Waals surface area contributed by atoms with Crippen LogP contribution in [0.4, 0.5) is 5.69 Å². The average molecular weight is 324 g/mol. The van der Waals surface area contributed by atoms with Gasteiger partial charge in [0, 0.05) is 29.7 Å². The van der Waals surface area contributed by atoms with E-state index in [4.69, 9.17) is 9.47 Å². The Hall–Kier alpha value is -2.82. The molecule has 1 saturated carbocycles. The van der Waals surface area contributed by atoms with Crippen molar-refractivity contribution in [2.45, 2.75) is 19.4 Å². The number of carbonyl (C=O) groups excluding carboxylic acids is 1. The van der Waals surface area contributed by atoms with Crippen LogP contribution in [0, 0.1) is 5.92 Å². The van der Waals surface area contributed by atoms with E-state index in [1.807, 2.05) is 18.2 Å². The number of hydrogen-bond donors (Lipinski definition) is 1. The molecule has 0 unspecified atom stereocenters. The lowest BCUT2D eigenvalue weighted by atomic mass is 10.2. The molecule has 1 aromatic heterocycles. The maximum Gasteiger partial charge on any atom is 0.248 e. The lowest BCUT2D eigenvalue weighted by molar-refractivity contribution is -0.111. The van der Waals surface area contributed by atoms with Gasteiger partial charge >= 0.3 is 0 Å². The largest absolute Gasteiger partial charge is 0.493 e. The van der Waals surface area contributed by atoms with Gasteiger partial charge in [-0.3, -0.25) is 9.78 Å². The van der Waals surface area contributed by atoms with Crippen molar-refractivity contribution in [3.8, 4) is 11.5 Å². The summed E-state index contributed by atoms with van der Waals surface area (Å²) in [6.07, 6.45) is 9.38. The predicted molar refractivity (Wildman–Crippen MR) is 92.1 cm³/mol. The number of anilines is 1. The molecule has 5 nitrogen and oxygen atoms in total. The molecule has 1 fully saturated rings. The van der Waals surface area contributed by atoms with Crippen molar-refractivity contribution in [2.75, 3.05) is 12.4 Å². The molecule has 1 heterocycles. The van der Waals surface area contributed by atoms with Gasteiger partial charge in [0.25, 0.3) is 0 Å². The Labute approximate surface area is 141 Å². The molecule has 1 amide bonds. The first-order chi connectivity index (χ1) is 11.7. The second-order valence-corrected chi connectivity index (χ2v) is 5.70. The van der Waals surface area contributed by atoms with Gasteiger partial charge in [0.05, 0.1) is 7.11 Å². The van der Waals surface area contributed by atoms with Gasteiger partial charge in [0.1, 0.15) is 6.61 Å². The Kier molecular flexibility index (Phi) is 5.11. The summed E-state index contributed by atoms with van der Waals surface area (Å²) in [5.74, 6) is 1.63. The number of pyridine rings is 1. The van der Waals surface area contributed by atoms with Gasteiger partial charge in [-0.25, -0.2) is 0 Å². The molecule has 0 aliphatic heterocycles. The van der Waals surface area contributed by atoms with Crippen LogP contribution in [-0.2, 0) is 11.4 Å². The highest BCUT2D eigenvalue weighted by atomic mass is 16.5. The summed E-state index contributed by atoms with van der Waals surface area (Å²) < 4.78 is 11.1. The van der Waals surface area contributed by atoms with Gasteiger partial charge in [0.15, 0.2) is 11.5 Å². The van der Waals surface area contributed by atoms with Crippen LogP contribution in [0.2, 0.25) is 0 Å². The Balaban J connectivity index is 1.66. The lowest BCUT2D eigenvalue weighted by Crippen LogP contribution is -2.08. The summed E-state index contributed by atoms with van der Waals surface area (Å²) >= 11 is 0. The lowest BCUT2D eigenvalue weighted by Gasteiger charge is -2.12. The van der Waals surface area contributed by atoms with E-state index in [1.165, 1.54) is 12.8 Å². The number of ether oxygens (including phenoxy) is 2. The van der Waals surface area contributed by atoms with Crippen molar-refractivity contribution in [3.63, 3.8) is 0 Å². The molecule has 0 spiro atoms. The Morgan fingerprint density at radius 1 is 1.33 bits per heavy atom. The highest BCUT2D eigenvalue weighted by molar-refractivity contribution is 5.99. The van der Waals surface area contributed by atoms with E-state index >= 15 is 0 Å². The molecule has 0 radical (unpaired) electrons. The summed E-state index contributed by atoms with van der Waals surface area (Å²) in [7, 11) is 1.59. The molecule has 0 atom stereocenters. The topological polar surface area (TPSA) is 60.5 Å². The molecule has 5 heteroatoms. The van der Waals surface area contributed by atoms with Crippen molar-refractivity contribution in [1.82, 2.24) is 4.98 Å². The first kappa shape index (κ1) is 16.1. The van der Waals surface area contributed by atoms with Crippen LogP contribution in [0.1, 0.15) is 18.4 Å². The van der Waals surface area contributed by atoms with Crippen LogP contribution in [-0.4, -0.2) is 18.0 Å². The second-order valence-electron chi connectivity index (χ2n) is 5.70. The standard InChI is InChI=1S/C19H20N2O3/c1-23-17-8-7-16(21-19(22)9-6-14-4-5-14)11-18(17)24-13-15-3-2-10-20-12-15/h2-3,6-12,14H,4-5,13H2,1H3,(H,21,22)/b9-6+. The number of rotatable bonds is 7. The van der Waals surface area contributed by atoms with Crippen LogP contribution in [0.25, 0.3) is 0 Å². The van der Waals surface area contributed by atoms with Gasteiger partial charge in [-0.15, -0.1) is 0 Å². The first-order valence-corrected chi connectivity index (χ1v) is 7.93. The van der Waals surface area contributed by atoms with Crippen molar-refractivity contribution in [2.24, 2.45) is 5.92 Å². The zero-order chi connectivity index (χ0) is 16.8. The SMILES string of the molecule is COc1ccc(NC(=O)/C=C/C2CC2)cc1OCc1cccnc1. The Morgan fingerprint density at radius 3 is 2.92 bits per heavy atom. The molecule has 1 aliphatic carbocycles. The maximum atomic E-state index is 11.9. The molecular formula is C19H20N2O3. The normalized spacial score (nSPS) is 13.7. The zero-order valence-corrected chi connectivity index (χ0v) is 13.6. The monoisotopic (exact) mass is 324 g/mol. The van der Waals surface area contributed by atoms with Crippen LogP contribution in [0.15, 0.2) is 54.9 Å². The van der Waals surface area contributed by atoms with E-state index in [9.17, 15) is 4.79 Å². The van der Waals surface area contributed by atoms with Crippen molar-refractivity contribution >= 4 is 11.6 Å². The molecule has 124 valence electrons. The smallest absolute Gasteiger partial charge is 0.248 e. The van der Waals surface area contributed by atoms with Crippen LogP contribution in [0.3, 0.4) is 0 Å². The minimum Gasteiger partial charge on any atom is -0.493 e. The van der Waals surface area contributed by atoms with Gasteiger partial charge in [-0.05, 0) is 43.0 Å². The summed E-state index contributed by atoms with van der Waals surface area (Å²) in [6, 6.07) is 9.13. The minimum atomic E-state index is -0.134.